The molecule has 0 atom stereocenters. The lowest BCUT2D eigenvalue weighted by Crippen LogP contribution is -2.45. The predicted molar refractivity (Wildman–Crippen MR) is 106 cm³/mol. The van der Waals surface area contributed by atoms with Crippen LogP contribution in [0, 0.1) is 13.8 Å². The molecule has 25 heavy (non-hydrogen) atoms. The second kappa shape index (κ2) is 6.36. The molecule has 130 valence electrons. The quantitative estimate of drug-likeness (QED) is 0.747. The molecule has 1 saturated heterocycles. The van der Waals surface area contributed by atoms with Crippen molar-refractivity contribution < 1.29 is 0 Å². The molecule has 0 spiro atoms. The number of piperazine rings is 1. The molecule has 2 aromatic heterocycles. The van der Waals surface area contributed by atoms with Gasteiger partial charge in [-0.1, -0.05) is 11.6 Å². The summed E-state index contributed by atoms with van der Waals surface area (Å²) in [6.45, 7) is 8.77. The van der Waals surface area contributed by atoms with Crippen LogP contribution in [0.5, 0.6) is 0 Å². The van der Waals surface area contributed by atoms with Crippen molar-refractivity contribution in [2.45, 2.75) is 13.8 Å². The Labute approximate surface area is 153 Å². The molecule has 0 amide bonds. The van der Waals surface area contributed by atoms with E-state index in [4.69, 9.17) is 11.6 Å². The van der Waals surface area contributed by atoms with Crippen LogP contribution >= 0.6 is 11.6 Å². The van der Waals surface area contributed by atoms with E-state index in [9.17, 15) is 0 Å². The second-order valence-corrected chi connectivity index (χ2v) is 7.35. The smallest absolute Gasteiger partial charge is 0.138 e. The fourth-order valence-corrected chi connectivity index (χ4v) is 4.13. The largest absolute Gasteiger partial charge is 0.369 e. The van der Waals surface area contributed by atoms with Crippen molar-refractivity contribution in [3.63, 3.8) is 0 Å². The molecule has 0 unspecified atom stereocenters. The molecule has 1 fully saturated rings. The van der Waals surface area contributed by atoms with Crippen LogP contribution in [0.4, 0.5) is 5.69 Å². The SMILES string of the molecule is Cc1cc(-c2cnc3[nH]ccc3c2Cl)cc(C)c1N1CCN(C)CC1. The van der Waals surface area contributed by atoms with E-state index in [-0.39, 0.29) is 0 Å². The van der Waals surface area contributed by atoms with E-state index in [1.165, 1.54) is 16.8 Å². The first-order chi connectivity index (χ1) is 12.0. The Kier molecular flexibility index (Phi) is 4.18. The van der Waals surface area contributed by atoms with E-state index in [0.29, 0.717) is 0 Å². The highest BCUT2D eigenvalue weighted by atomic mass is 35.5. The fraction of sp³-hybridized carbons (Fsp3) is 0.350. The number of hydrogen-bond donors (Lipinski definition) is 1. The second-order valence-electron chi connectivity index (χ2n) is 6.97. The summed E-state index contributed by atoms with van der Waals surface area (Å²) in [5.41, 5.74) is 6.91. The van der Waals surface area contributed by atoms with Gasteiger partial charge >= 0.3 is 0 Å². The van der Waals surface area contributed by atoms with Gasteiger partial charge in [0.15, 0.2) is 0 Å². The summed E-state index contributed by atoms with van der Waals surface area (Å²) in [6.07, 6.45) is 3.74. The van der Waals surface area contributed by atoms with Crippen molar-refractivity contribution >= 4 is 28.3 Å². The number of anilines is 1. The molecule has 1 aliphatic heterocycles. The Morgan fingerprint density at radius 2 is 1.76 bits per heavy atom. The van der Waals surface area contributed by atoms with Crippen molar-refractivity contribution in [2.75, 3.05) is 38.1 Å². The molecule has 0 saturated carbocycles. The normalized spacial score (nSPS) is 15.9. The summed E-state index contributed by atoms with van der Waals surface area (Å²) in [7, 11) is 2.19. The molecule has 1 aliphatic rings. The van der Waals surface area contributed by atoms with Gasteiger partial charge in [0.05, 0.1) is 5.02 Å². The number of benzene rings is 1. The van der Waals surface area contributed by atoms with Gasteiger partial charge in [0.25, 0.3) is 0 Å². The summed E-state index contributed by atoms with van der Waals surface area (Å²) in [6, 6.07) is 6.45. The number of aryl methyl sites for hydroxylation is 2. The minimum absolute atomic E-state index is 0.761. The number of aromatic amines is 1. The highest BCUT2D eigenvalue weighted by Gasteiger charge is 2.19. The Hall–Kier alpha value is -2.04. The van der Waals surface area contributed by atoms with Crippen LogP contribution in [0.1, 0.15) is 11.1 Å². The van der Waals surface area contributed by atoms with Gasteiger partial charge in [0.1, 0.15) is 5.65 Å². The van der Waals surface area contributed by atoms with E-state index >= 15 is 0 Å². The number of nitrogens with zero attached hydrogens (tertiary/aromatic N) is 3. The van der Waals surface area contributed by atoms with Gasteiger partial charge in [-0.15, -0.1) is 0 Å². The van der Waals surface area contributed by atoms with Gasteiger partial charge in [-0.2, -0.15) is 0 Å². The highest BCUT2D eigenvalue weighted by molar-refractivity contribution is 6.38. The van der Waals surface area contributed by atoms with Gasteiger partial charge in [0, 0.05) is 55.2 Å². The number of halogens is 1. The van der Waals surface area contributed by atoms with Crippen LogP contribution in [0.2, 0.25) is 5.02 Å². The zero-order valence-corrected chi connectivity index (χ0v) is 15.7. The van der Waals surface area contributed by atoms with E-state index in [0.717, 1.165) is 53.4 Å². The number of fused-ring (bicyclic) bond motifs is 1. The number of hydrogen-bond acceptors (Lipinski definition) is 3. The molecular formula is C20H23ClN4. The average molecular weight is 355 g/mol. The number of likely N-dealkylation sites (N-methyl/N-ethyl adjacent to an activating group) is 1. The number of H-pyrrole nitrogens is 1. The Balaban J connectivity index is 1.75. The third-order valence-electron chi connectivity index (χ3n) is 5.14. The van der Waals surface area contributed by atoms with Crippen LogP contribution in [0.15, 0.2) is 30.6 Å². The third kappa shape index (κ3) is 2.90. The highest BCUT2D eigenvalue weighted by Crippen LogP contribution is 2.36. The van der Waals surface area contributed by atoms with Gasteiger partial charge in [-0.25, -0.2) is 4.98 Å². The summed E-state index contributed by atoms with van der Waals surface area (Å²) in [5, 5.41) is 1.73. The predicted octanol–water partition coefficient (Wildman–Crippen LogP) is 4.25. The van der Waals surface area contributed by atoms with Crippen molar-refractivity contribution in [3.05, 3.63) is 46.7 Å². The van der Waals surface area contributed by atoms with E-state index < -0.39 is 0 Å². The fourth-order valence-electron chi connectivity index (χ4n) is 3.82. The molecule has 3 aromatic rings. The molecule has 0 aliphatic carbocycles. The molecule has 3 heterocycles. The number of pyridine rings is 1. The maximum atomic E-state index is 6.65. The average Bonchev–Trinajstić information content (AvgIpc) is 3.06. The van der Waals surface area contributed by atoms with Crippen LogP contribution < -0.4 is 4.90 Å². The summed E-state index contributed by atoms with van der Waals surface area (Å²) < 4.78 is 0. The first-order valence-electron chi connectivity index (χ1n) is 8.71. The molecule has 1 aromatic carbocycles. The Morgan fingerprint density at radius 3 is 2.44 bits per heavy atom. The van der Waals surface area contributed by atoms with E-state index in [2.05, 4.69) is 52.8 Å². The third-order valence-corrected chi connectivity index (χ3v) is 5.55. The van der Waals surface area contributed by atoms with Crippen molar-refractivity contribution in [3.8, 4) is 11.1 Å². The van der Waals surface area contributed by atoms with E-state index in [1.54, 1.807) is 0 Å². The van der Waals surface area contributed by atoms with Gasteiger partial charge in [0.2, 0.25) is 0 Å². The molecule has 4 nitrogen and oxygen atoms in total. The number of aromatic nitrogens is 2. The first kappa shape index (κ1) is 16.4. The van der Waals surface area contributed by atoms with Crippen LogP contribution in [0.25, 0.3) is 22.2 Å². The molecular weight excluding hydrogens is 332 g/mol. The standard InChI is InChI=1S/C20H23ClN4/c1-13-10-15(17-12-23-20-16(18(17)21)4-5-22-20)11-14(2)19(13)25-8-6-24(3)7-9-25/h4-5,10-12H,6-9H2,1-3H3,(H,22,23). The van der Waals surface area contributed by atoms with Crippen LogP contribution in [0.3, 0.4) is 0 Å². The van der Waals surface area contributed by atoms with E-state index in [1.807, 2.05) is 18.5 Å². The minimum atomic E-state index is 0.761. The molecule has 5 heteroatoms. The maximum Gasteiger partial charge on any atom is 0.138 e. The Bertz CT molecular complexity index is 900. The lowest BCUT2D eigenvalue weighted by Gasteiger charge is -2.36. The number of rotatable bonds is 2. The molecule has 0 bridgehead atoms. The zero-order chi connectivity index (χ0) is 17.6. The monoisotopic (exact) mass is 354 g/mol. The first-order valence-corrected chi connectivity index (χ1v) is 9.09. The van der Waals surface area contributed by atoms with Crippen molar-refractivity contribution in [1.29, 1.82) is 0 Å². The Morgan fingerprint density at radius 1 is 1.08 bits per heavy atom. The van der Waals surface area contributed by atoms with Gasteiger partial charge in [-0.3, -0.25) is 0 Å². The topological polar surface area (TPSA) is 35.2 Å². The van der Waals surface area contributed by atoms with Gasteiger partial charge < -0.3 is 14.8 Å². The maximum absolute atomic E-state index is 6.65. The minimum Gasteiger partial charge on any atom is -0.369 e. The lowest BCUT2D eigenvalue weighted by atomic mass is 9.98. The molecule has 4 rings (SSSR count). The lowest BCUT2D eigenvalue weighted by molar-refractivity contribution is 0.312. The van der Waals surface area contributed by atoms with Crippen molar-refractivity contribution in [2.24, 2.45) is 0 Å². The zero-order valence-electron chi connectivity index (χ0n) is 14.9. The van der Waals surface area contributed by atoms with Crippen LogP contribution in [-0.4, -0.2) is 48.1 Å². The van der Waals surface area contributed by atoms with Gasteiger partial charge in [-0.05, 0) is 55.8 Å². The molecule has 1 N–H and O–H groups in total. The van der Waals surface area contributed by atoms with Crippen molar-refractivity contribution in [1.82, 2.24) is 14.9 Å². The summed E-state index contributed by atoms with van der Waals surface area (Å²) >= 11 is 6.65. The summed E-state index contributed by atoms with van der Waals surface area (Å²) in [5.74, 6) is 0. The summed E-state index contributed by atoms with van der Waals surface area (Å²) in [4.78, 5) is 12.5. The van der Waals surface area contributed by atoms with Crippen LogP contribution in [-0.2, 0) is 0 Å². The number of nitrogens with one attached hydrogen (secondary N) is 1. The molecule has 0 radical (unpaired) electrons.